The van der Waals surface area contributed by atoms with Gasteiger partial charge in [-0.15, -0.1) is 5.06 Å². The summed E-state index contributed by atoms with van der Waals surface area (Å²) in [7, 11) is 0. The monoisotopic (exact) mass is 294 g/mol. The third kappa shape index (κ3) is 2.40. The minimum atomic E-state index is -1.15. The normalized spacial score (nSPS) is 20.3. The SMILES string of the molecule is CCN(C(=O)O)C1=NC(N2CC=CCC2)=NC2=NOON21. The van der Waals surface area contributed by atoms with Crippen LogP contribution in [-0.2, 0) is 9.98 Å². The van der Waals surface area contributed by atoms with Gasteiger partial charge >= 0.3 is 12.1 Å². The number of hydrogen-bond acceptors (Lipinski definition) is 8. The Morgan fingerprint density at radius 1 is 1.43 bits per heavy atom. The molecule has 0 aliphatic carbocycles. The maximum absolute atomic E-state index is 11.3. The summed E-state index contributed by atoms with van der Waals surface area (Å²) in [6, 6.07) is 0. The average Bonchev–Trinajstić information content (AvgIpc) is 2.97. The molecular weight excluding hydrogens is 280 g/mol. The van der Waals surface area contributed by atoms with Crippen LogP contribution in [0.5, 0.6) is 0 Å². The summed E-state index contributed by atoms with van der Waals surface area (Å²) in [6.45, 7) is 3.30. The largest absolute Gasteiger partial charge is 0.465 e. The van der Waals surface area contributed by atoms with Crippen LogP contribution in [0, 0.1) is 0 Å². The molecule has 112 valence electrons. The van der Waals surface area contributed by atoms with Crippen LogP contribution in [0.2, 0.25) is 0 Å². The topological polar surface area (TPSA) is 103 Å². The molecule has 3 aliphatic rings. The van der Waals surface area contributed by atoms with Crippen molar-refractivity contribution in [2.24, 2.45) is 15.1 Å². The molecule has 3 heterocycles. The molecule has 0 unspecified atom stereocenters. The summed E-state index contributed by atoms with van der Waals surface area (Å²) >= 11 is 0. The van der Waals surface area contributed by atoms with Crippen LogP contribution in [0.15, 0.2) is 27.3 Å². The molecule has 10 heteroatoms. The van der Waals surface area contributed by atoms with Crippen molar-refractivity contribution in [3.05, 3.63) is 12.2 Å². The summed E-state index contributed by atoms with van der Waals surface area (Å²) in [4.78, 5) is 32.1. The summed E-state index contributed by atoms with van der Waals surface area (Å²) in [6.07, 6.45) is 3.81. The number of hydrogen-bond donors (Lipinski definition) is 1. The van der Waals surface area contributed by atoms with Crippen molar-refractivity contribution in [3.8, 4) is 0 Å². The number of amides is 1. The van der Waals surface area contributed by atoms with Crippen LogP contribution < -0.4 is 0 Å². The molecule has 0 aromatic carbocycles. The minimum Gasteiger partial charge on any atom is -0.465 e. The quantitative estimate of drug-likeness (QED) is 0.555. The number of guanidine groups is 3. The highest BCUT2D eigenvalue weighted by atomic mass is 17.3. The van der Waals surface area contributed by atoms with Gasteiger partial charge in [-0.25, -0.2) is 9.69 Å². The molecule has 10 nitrogen and oxygen atoms in total. The van der Waals surface area contributed by atoms with E-state index in [0.29, 0.717) is 12.5 Å². The van der Waals surface area contributed by atoms with Crippen LogP contribution in [0.4, 0.5) is 4.79 Å². The number of rotatable bonds is 1. The lowest BCUT2D eigenvalue weighted by atomic mass is 10.2. The Labute approximate surface area is 120 Å². The molecule has 0 aromatic rings. The Morgan fingerprint density at radius 3 is 2.95 bits per heavy atom. The first kappa shape index (κ1) is 13.4. The van der Waals surface area contributed by atoms with Gasteiger partial charge in [0.15, 0.2) is 0 Å². The Morgan fingerprint density at radius 2 is 2.29 bits per heavy atom. The van der Waals surface area contributed by atoms with Gasteiger partial charge in [0.2, 0.25) is 5.96 Å². The zero-order valence-corrected chi connectivity index (χ0v) is 11.3. The second kappa shape index (κ2) is 5.40. The molecule has 3 aliphatic heterocycles. The predicted molar refractivity (Wildman–Crippen MR) is 72.0 cm³/mol. The van der Waals surface area contributed by atoms with E-state index in [9.17, 15) is 9.90 Å². The van der Waals surface area contributed by atoms with Gasteiger partial charge in [0, 0.05) is 24.8 Å². The van der Waals surface area contributed by atoms with Crippen LogP contribution in [-0.4, -0.2) is 63.6 Å². The Balaban J connectivity index is 1.95. The fourth-order valence-electron chi connectivity index (χ4n) is 2.09. The van der Waals surface area contributed by atoms with E-state index in [2.05, 4.69) is 26.2 Å². The summed E-state index contributed by atoms with van der Waals surface area (Å²) in [5.74, 6) is 0.559. The second-order valence-corrected chi connectivity index (χ2v) is 4.39. The van der Waals surface area contributed by atoms with Crippen LogP contribution >= 0.6 is 0 Å². The smallest absolute Gasteiger partial charge is 0.414 e. The van der Waals surface area contributed by atoms with Gasteiger partial charge in [-0.1, -0.05) is 12.2 Å². The van der Waals surface area contributed by atoms with Gasteiger partial charge in [-0.05, 0) is 18.3 Å². The van der Waals surface area contributed by atoms with E-state index in [4.69, 9.17) is 4.99 Å². The summed E-state index contributed by atoms with van der Waals surface area (Å²) in [5, 5.41) is 13.9. The minimum absolute atomic E-state index is 0.0563. The number of oxime groups is 1. The number of carbonyl (C=O) groups is 1. The van der Waals surface area contributed by atoms with E-state index in [1.165, 1.54) is 0 Å². The molecule has 3 rings (SSSR count). The highest BCUT2D eigenvalue weighted by Crippen LogP contribution is 2.17. The molecule has 0 radical (unpaired) electrons. The van der Waals surface area contributed by atoms with Gasteiger partial charge < -0.3 is 10.0 Å². The lowest BCUT2D eigenvalue weighted by molar-refractivity contribution is -0.359. The number of hydroxylamine groups is 2. The van der Waals surface area contributed by atoms with E-state index in [0.717, 1.165) is 22.9 Å². The zero-order chi connectivity index (χ0) is 14.8. The van der Waals surface area contributed by atoms with E-state index < -0.39 is 6.09 Å². The first-order valence-corrected chi connectivity index (χ1v) is 6.50. The van der Waals surface area contributed by atoms with Crippen molar-refractivity contribution in [2.75, 3.05) is 19.6 Å². The molecular formula is C11H14N6O4. The number of nitrogens with zero attached hydrogens (tertiary/aromatic N) is 6. The Bertz CT molecular complexity index is 569. The van der Waals surface area contributed by atoms with E-state index >= 15 is 0 Å². The first-order chi connectivity index (χ1) is 10.2. The summed E-state index contributed by atoms with van der Waals surface area (Å²) < 4.78 is 0. The van der Waals surface area contributed by atoms with Gasteiger partial charge in [-0.3, -0.25) is 0 Å². The van der Waals surface area contributed by atoms with E-state index in [-0.39, 0.29) is 18.5 Å². The van der Waals surface area contributed by atoms with Crippen molar-refractivity contribution in [1.82, 2.24) is 14.9 Å². The second-order valence-electron chi connectivity index (χ2n) is 4.39. The van der Waals surface area contributed by atoms with Crippen molar-refractivity contribution < 1.29 is 19.9 Å². The maximum Gasteiger partial charge on any atom is 0.414 e. The van der Waals surface area contributed by atoms with Crippen molar-refractivity contribution in [2.45, 2.75) is 13.3 Å². The zero-order valence-electron chi connectivity index (χ0n) is 11.3. The third-order valence-corrected chi connectivity index (χ3v) is 3.12. The van der Waals surface area contributed by atoms with Gasteiger partial charge in [0.25, 0.3) is 5.96 Å². The lowest BCUT2D eigenvalue weighted by Gasteiger charge is -2.30. The standard InChI is InChI=1S/C11H14N6O4/c1-2-16(11(18)19)10-13-8(15-6-4-3-5-7-15)12-9-14-20-21-17(9)10/h3-4H,2,5-7H2,1H3,(H,18,19). The van der Waals surface area contributed by atoms with Crippen LogP contribution in [0.3, 0.4) is 0 Å². The lowest BCUT2D eigenvalue weighted by Crippen LogP contribution is -2.51. The van der Waals surface area contributed by atoms with E-state index in [1.807, 2.05) is 11.0 Å². The van der Waals surface area contributed by atoms with Crippen molar-refractivity contribution in [3.63, 3.8) is 0 Å². The van der Waals surface area contributed by atoms with Gasteiger partial charge in [-0.2, -0.15) is 15.0 Å². The highest BCUT2D eigenvalue weighted by molar-refractivity contribution is 6.13. The van der Waals surface area contributed by atoms with E-state index in [1.54, 1.807) is 6.92 Å². The van der Waals surface area contributed by atoms with Crippen LogP contribution in [0.25, 0.3) is 0 Å². The molecule has 1 N–H and O–H groups in total. The van der Waals surface area contributed by atoms with Crippen LogP contribution in [0.1, 0.15) is 13.3 Å². The molecule has 0 aromatic heterocycles. The molecule has 0 spiro atoms. The molecule has 21 heavy (non-hydrogen) atoms. The Kier molecular flexibility index (Phi) is 3.44. The number of fused-ring (bicyclic) bond motifs is 1. The average molecular weight is 294 g/mol. The molecule has 0 saturated heterocycles. The molecule has 0 atom stereocenters. The third-order valence-electron chi connectivity index (χ3n) is 3.12. The molecule has 1 amide bonds. The number of aliphatic imine (C=N–C) groups is 2. The fourth-order valence-corrected chi connectivity index (χ4v) is 2.09. The van der Waals surface area contributed by atoms with Crippen molar-refractivity contribution >= 4 is 24.0 Å². The summed E-state index contributed by atoms with van der Waals surface area (Å²) in [5.41, 5.74) is 0. The highest BCUT2D eigenvalue weighted by Gasteiger charge is 2.37. The van der Waals surface area contributed by atoms with Gasteiger partial charge in [0.05, 0.1) is 0 Å². The molecule has 0 fully saturated rings. The Hall–Kier alpha value is -2.62. The predicted octanol–water partition coefficient (Wildman–Crippen LogP) is 0.424. The van der Waals surface area contributed by atoms with Gasteiger partial charge in [0.1, 0.15) is 0 Å². The fraction of sp³-hybridized carbons (Fsp3) is 0.455. The number of carboxylic acid groups (broad SMARTS) is 1. The molecule has 0 saturated carbocycles. The maximum atomic E-state index is 11.3. The molecule has 0 bridgehead atoms. The van der Waals surface area contributed by atoms with Crippen molar-refractivity contribution in [1.29, 1.82) is 0 Å². The first-order valence-electron chi connectivity index (χ1n) is 6.50.